The lowest BCUT2D eigenvalue weighted by atomic mass is 10.2. The second kappa shape index (κ2) is 8.63. The van der Waals surface area contributed by atoms with Crippen molar-refractivity contribution in [2.24, 2.45) is 0 Å². The van der Waals surface area contributed by atoms with Crippen molar-refractivity contribution in [3.8, 4) is 0 Å². The van der Waals surface area contributed by atoms with Gasteiger partial charge in [0.05, 0.1) is 30.5 Å². The first-order chi connectivity index (χ1) is 12.1. The van der Waals surface area contributed by atoms with Crippen LogP contribution in [0.5, 0.6) is 0 Å². The minimum atomic E-state index is -3.41. The lowest BCUT2D eigenvalue weighted by Gasteiger charge is -2.24. The van der Waals surface area contributed by atoms with Crippen LogP contribution in [0.1, 0.15) is 46.6 Å². The van der Waals surface area contributed by atoms with E-state index in [2.05, 4.69) is 4.98 Å². The van der Waals surface area contributed by atoms with E-state index in [1.54, 1.807) is 27.7 Å². The summed E-state index contributed by atoms with van der Waals surface area (Å²) in [6.45, 7) is 7.08. The van der Waals surface area contributed by atoms with Crippen LogP contribution in [0.3, 0.4) is 0 Å². The number of hydrogen-bond donors (Lipinski definition) is 2. The number of nitrogens with two attached hydrogens (primary N) is 1. The van der Waals surface area contributed by atoms with Crippen molar-refractivity contribution in [1.82, 2.24) is 9.55 Å². The molecule has 0 amide bonds. The number of nitrogens with zero attached hydrogens (tertiary/aromatic N) is 2. The summed E-state index contributed by atoms with van der Waals surface area (Å²) >= 11 is 0. The van der Waals surface area contributed by atoms with Crippen molar-refractivity contribution >= 4 is 13.4 Å². The highest BCUT2D eigenvalue weighted by Crippen LogP contribution is 2.51. The number of nitrogen functional groups attached to an aromatic ring is 1. The van der Waals surface area contributed by atoms with Gasteiger partial charge in [0, 0.05) is 12.6 Å². The Balaban J connectivity index is 2.02. The van der Waals surface area contributed by atoms with Gasteiger partial charge >= 0.3 is 13.3 Å². The zero-order chi connectivity index (χ0) is 19.5. The van der Waals surface area contributed by atoms with E-state index >= 15 is 0 Å². The fourth-order valence-electron chi connectivity index (χ4n) is 2.99. The zero-order valence-corrected chi connectivity index (χ0v) is 16.5. The summed E-state index contributed by atoms with van der Waals surface area (Å²) < 4.78 is 30.8. The van der Waals surface area contributed by atoms with Crippen molar-refractivity contribution in [3.05, 3.63) is 22.7 Å². The SMILES string of the molecule is CC(C)OP(=O)(CO[C@@H]1C[C@@H](O)[C@H](n2ccc(N)nc2=O)C1)OC(C)C. The molecule has 3 atom stereocenters. The van der Waals surface area contributed by atoms with Crippen molar-refractivity contribution < 1.29 is 23.5 Å². The lowest BCUT2D eigenvalue weighted by Crippen LogP contribution is -2.30. The Morgan fingerprint density at radius 1 is 1.31 bits per heavy atom. The molecule has 1 saturated carbocycles. The molecule has 10 heteroatoms. The molecule has 1 aromatic rings. The molecule has 1 heterocycles. The van der Waals surface area contributed by atoms with Crippen molar-refractivity contribution in [1.29, 1.82) is 0 Å². The second-order valence-corrected chi connectivity index (χ2v) is 8.89. The van der Waals surface area contributed by atoms with Gasteiger partial charge in [-0.15, -0.1) is 0 Å². The average molecular weight is 389 g/mol. The van der Waals surface area contributed by atoms with Gasteiger partial charge in [-0.25, -0.2) is 4.79 Å². The minimum Gasteiger partial charge on any atom is -0.391 e. The zero-order valence-electron chi connectivity index (χ0n) is 15.6. The first-order valence-electron chi connectivity index (χ1n) is 8.70. The number of aliphatic hydroxyl groups excluding tert-OH is 1. The normalized spacial score (nSPS) is 23.9. The van der Waals surface area contributed by atoms with E-state index in [9.17, 15) is 14.5 Å². The molecule has 0 saturated heterocycles. The van der Waals surface area contributed by atoms with Crippen LogP contribution in [-0.2, 0) is 18.3 Å². The summed E-state index contributed by atoms with van der Waals surface area (Å²) in [5, 5.41) is 10.3. The average Bonchev–Trinajstić information content (AvgIpc) is 2.84. The van der Waals surface area contributed by atoms with Crippen molar-refractivity contribution in [2.45, 2.75) is 71.0 Å². The molecule has 0 radical (unpaired) electrons. The third-order valence-electron chi connectivity index (χ3n) is 3.87. The number of ether oxygens (including phenoxy) is 1. The Morgan fingerprint density at radius 3 is 2.46 bits per heavy atom. The predicted molar refractivity (Wildman–Crippen MR) is 97.0 cm³/mol. The first-order valence-corrected chi connectivity index (χ1v) is 10.4. The monoisotopic (exact) mass is 389 g/mol. The number of anilines is 1. The van der Waals surface area contributed by atoms with E-state index in [0.717, 1.165) is 0 Å². The van der Waals surface area contributed by atoms with E-state index in [4.69, 9.17) is 19.5 Å². The smallest absolute Gasteiger partial charge is 0.356 e. The van der Waals surface area contributed by atoms with Crippen LogP contribution in [0.2, 0.25) is 0 Å². The maximum Gasteiger partial charge on any atom is 0.356 e. The Labute approximate surface area is 153 Å². The number of rotatable bonds is 8. The maximum atomic E-state index is 12.8. The van der Waals surface area contributed by atoms with E-state index in [-0.39, 0.29) is 30.5 Å². The van der Waals surface area contributed by atoms with E-state index in [1.165, 1.54) is 16.8 Å². The molecule has 0 aliphatic heterocycles. The molecule has 1 aliphatic rings. The largest absolute Gasteiger partial charge is 0.391 e. The van der Waals surface area contributed by atoms with Crippen LogP contribution in [0, 0.1) is 0 Å². The summed E-state index contributed by atoms with van der Waals surface area (Å²) in [7, 11) is -3.41. The van der Waals surface area contributed by atoms with Crippen LogP contribution in [-0.4, -0.2) is 45.4 Å². The van der Waals surface area contributed by atoms with Gasteiger partial charge in [0.1, 0.15) is 12.2 Å². The number of hydrogen-bond acceptors (Lipinski definition) is 8. The summed E-state index contributed by atoms with van der Waals surface area (Å²) in [5.41, 5.74) is 4.97. The van der Waals surface area contributed by atoms with Crippen molar-refractivity contribution in [2.75, 3.05) is 12.1 Å². The van der Waals surface area contributed by atoms with E-state index in [1.807, 2.05) is 0 Å². The number of aliphatic hydroxyl groups is 1. The summed E-state index contributed by atoms with van der Waals surface area (Å²) in [5.74, 6) is 0.129. The fraction of sp³-hybridized carbons (Fsp3) is 0.750. The van der Waals surface area contributed by atoms with Gasteiger partial charge in [-0.2, -0.15) is 4.98 Å². The van der Waals surface area contributed by atoms with Crippen LogP contribution in [0.4, 0.5) is 5.82 Å². The molecule has 26 heavy (non-hydrogen) atoms. The van der Waals surface area contributed by atoms with E-state index in [0.29, 0.717) is 12.8 Å². The molecule has 1 fully saturated rings. The lowest BCUT2D eigenvalue weighted by molar-refractivity contribution is 0.0488. The Morgan fingerprint density at radius 2 is 1.92 bits per heavy atom. The minimum absolute atomic E-state index is 0.129. The first kappa shape index (κ1) is 21.1. The van der Waals surface area contributed by atoms with Gasteiger partial charge in [0.15, 0.2) is 0 Å². The highest BCUT2D eigenvalue weighted by atomic mass is 31.2. The van der Waals surface area contributed by atoms with Crippen LogP contribution in [0.25, 0.3) is 0 Å². The Bertz CT molecular complexity index is 693. The summed E-state index contributed by atoms with van der Waals surface area (Å²) in [4.78, 5) is 15.7. The molecule has 0 unspecified atom stereocenters. The molecule has 1 aromatic heterocycles. The molecule has 2 rings (SSSR count). The molecule has 148 valence electrons. The quantitative estimate of drug-likeness (QED) is 0.646. The molecule has 0 bridgehead atoms. The van der Waals surface area contributed by atoms with Crippen LogP contribution in [0.15, 0.2) is 17.1 Å². The fourth-order valence-corrected chi connectivity index (χ4v) is 4.84. The molecule has 0 aromatic carbocycles. The van der Waals surface area contributed by atoms with Gasteiger partial charge in [0.2, 0.25) is 0 Å². The highest BCUT2D eigenvalue weighted by Gasteiger charge is 2.38. The molecule has 9 nitrogen and oxygen atoms in total. The van der Waals surface area contributed by atoms with Crippen molar-refractivity contribution in [3.63, 3.8) is 0 Å². The molecule has 3 N–H and O–H groups in total. The Hall–Kier alpha value is -1.25. The second-order valence-electron chi connectivity index (χ2n) is 6.99. The molecule has 1 aliphatic carbocycles. The third-order valence-corrected chi connectivity index (χ3v) is 5.82. The van der Waals surface area contributed by atoms with Crippen LogP contribution >= 0.6 is 7.60 Å². The number of aromatic nitrogens is 2. The Kier molecular flexibility index (Phi) is 6.99. The van der Waals surface area contributed by atoms with E-state index < -0.39 is 25.4 Å². The molecular formula is C16H28N3O6P. The highest BCUT2D eigenvalue weighted by molar-refractivity contribution is 7.53. The standard InChI is InChI=1S/C16H28N3O6P/c1-10(2)24-26(22,25-11(3)4)9-23-12-7-13(14(20)8-12)19-6-5-15(17)18-16(19)21/h5-6,10-14,20H,7-9H2,1-4H3,(H2,17,18,21)/t12-,13+,14+/m0/s1. The van der Waals surface area contributed by atoms with Crippen LogP contribution < -0.4 is 11.4 Å². The van der Waals surface area contributed by atoms with Gasteiger partial charge in [0.25, 0.3) is 0 Å². The third kappa shape index (κ3) is 5.62. The predicted octanol–water partition coefficient (Wildman–Crippen LogP) is 1.91. The van der Waals surface area contributed by atoms with Gasteiger partial charge in [-0.05, 0) is 40.2 Å². The van der Waals surface area contributed by atoms with Gasteiger partial charge < -0.3 is 24.6 Å². The van der Waals surface area contributed by atoms with Gasteiger partial charge in [-0.1, -0.05) is 0 Å². The maximum absolute atomic E-state index is 12.8. The van der Waals surface area contributed by atoms with Gasteiger partial charge in [-0.3, -0.25) is 9.13 Å². The topological polar surface area (TPSA) is 126 Å². The molecular weight excluding hydrogens is 361 g/mol. The molecule has 0 spiro atoms. The summed E-state index contributed by atoms with van der Waals surface area (Å²) in [6.07, 6.45) is 0.298. The summed E-state index contributed by atoms with van der Waals surface area (Å²) in [6, 6.07) is 1.03.